The molecule has 1 aliphatic rings. The molecule has 0 atom stereocenters. The Hall–Kier alpha value is -2.56. The number of aryl methyl sites for hydroxylation is 3. The Morgan fingerprint density at radius 1 is 1.21 bits per heavy atom. The van der Waals surface area contributed by atoms with E-state index in [-0.39, 0.29) is 6.85 Å². The molecule has 0 radical (unpaired) electrons. The van der Waals surface area contributed by atoms with Crippen molar-refractivity contribution in [1.82, 2.24) is 9.79 Å². The second kappa shape index (κ2) is 5.23. The van der Waals surface area contributed by atoms with Gasteiger partial charge in [0.2, 0.25) is 5.71 Å². The smallest absolute Gasteiger partial charge is 0.443 e. The monoisotopic (exact) mass is 318 g/mol. The summed E-state index contributed by atoms with van der Waals surface area (Å²) in [4.78, 5) is 6.64. The van der Waals surface area contributed by atoms with Gasteiger partial charge >= 0.3 is 6.85 Å². The fourth-order valence-corrected chi connectivity index (χ4v) is 3.70. The fourth-order valence-electron chi connectivity index (χ4n) is 3.70. The van der Waals surface area contributed by atoms with E-state index in [1.807, 2.05) is 6.07 Å². The van der Waals surface area contributed by atoms with Crippen molar-refractivity contribution in [1.29, 1.82) is 0 Å². The second-order valence-electron chi connectivity index (χ2n) is 6.75. The van der Waals surface area contributed by atoms with Gasteiger partial charge in [-0.2, -0.15) is 0 Å². The van der Waals surface area contributed by atoms with Gasteiger partial charge in [-0.3, -0.25) is 0 Å². The first-order chi connectivity index (χ1) is 11.5. The summed E-state index contributed by atoms with van der Waals surface area (Å²) < 4.78 is 8.41. The van der Waals surface area contributed by atoms with Crippen molar-refractivity contribution in [2.24, 2.45) is 7.05 Å². The predicted octanol–water partition coefficient (Wildman–Crippen LogP) is 1.68. The average Bonchev–Trinajstić information content (AvgIpc) is 2.91. The van der Waals surface area contributed by atoms with Crippen LogP contribution in [0.4, 0.5) is 0 Å². The summed E-state index contributed by atoms with van der Waals surface area (Å²) in [5.41, 5.74) is 7.87. The molecular formula is C19H21BN3O+. The van der Waals surface area contributed by atoms with Crippen LogP contribution in [-0.2, 0) is 7.05 Å². The summed E-state index contributed by atoms with van der Waals surface area (Å²) in [5.74, 6) is 0. The van der Waals surface area contributed by atoms with Crippen molar-refractivity contribution >= 4 is 34.8 Å². The van der Waals surface area contributed by atoms with Crippen molar-refractivity contribution in [3.8, 4) is 0 Å². The zero-order valence-corrected chi connectivity index (χ0v) is 14.8. The van der Waals surface area contributed by atoms with Crippen molar-refractivity contribution < 1.29 is 8.98 Å². The van der Waals surface area contributed by atoms with Gasteiger partial charge in [0.05, 0.1) is 0 Å². The van der Waals surface area contributed by atoms with Gasteiger partial charge in [0.1, 0.15) is 12.7 Å². The molecule has 3 aromatic heterocycles. The normalized spacial score (nSPS) is 14.1. The molecule has 4 rings (SSSR count). The molecule has 0 fully saturated rings. The number of pyridine rings is 2. The Morgan fingerprint density at radius 3 is 2.79 bits per heavy atom. The zero-order chi connectivity index (χ0) is 17.0. The number of furan rings is 1. The van der Waals surface area contributed by atoms with Crippen molar-refractivity contribution in [3.05, 3.63) is 53.5 Å². The molecule has 0 unspecified atom stereocenters. The van der Waals surface area contributed by atoms with Gasteiger partial charge in [-0.1, -0.05) is 0 Å². The quantitative estimate of drug-likeness (QED) is 0.506. The molecule has 0 amide bonds. The highest BCUT2D eigenvalue weighted by molar-refractivity contribution is 6.82. The maximum Gasteiger partial charge on any atom is 0.443 e. The van der Waals surface area contributed by atoms with Gasteiger partial charge in [-0.05, 0) is 57.3 Å². The van der Waals surface area contributed by atoms with Crippen molar-refractivity contribution in [2.75, 3.05) is 7.05 Å². The van der Waals surface area contributed by atoms with Crippen molar-refractivity contribution in [3.63, 3.8) is 0 Å². The van der Waals surface area contributed by atoms with Crippen LogP contribution in [0.1, 0.15) is 23.6 Å². The van der Waals surface area contributed by atoms with Crippen LogP contribution in [0.15, 0.2) is 41.2 Å². The predicted molar refractivity (Wildman–Crippen MR) is 97.5 cm³/mol. The van der Waals surface area contributed by atoms with Gasteiger partial charge in [0.25, 0.3) is 0 Å². The molecule has 0 spiro atoms. The molecular weight excluding hydrogens is 297 g/mol. The molecule has 3 aromatic rings. The molecule has 1 aliphatic heterocycles. The van der Waals surface area contributed by atoms with E-state index in [1.165, 1.54) is 27.9 Å². The Balaban J connectivity index is 2.00. The van der Waals surface area contributed by atoms with E-state index in [9.17, 15) is 0 Å². The van der Waals surface area contributed by atoms with Gasteiger partial charge in [0.15, 0.2) is 11.8 Å². The first-order valence-electron chi connectivity index (χ1n) is 8.22. The lowest BCUT2D eigenvalue weighted by Gasteiger charge is -2.26. The van der Waals surface area contributed by atoms with Crippen molar-refractivity contribution in [2.45, 2.75) is 20.8 Å². The molecule has 0 aromatic carbocycles. The SMILES string of the molecule is CC1=CN(C)B(c2cc(C)c(C)c[n+]2C)c2oc3ncccc3c21. The van der Waals surface area contributed by atoms with Crippen LogP contribution < -0.4 is 15.8 Å². The van der Waals surface area contributed by atoms with Gasteiger partial charge in [0, 0.05) is 28.8 Å². The van der Waals surface area contributed by atoms with Gasteiger partial charge in [-0.25, -0.2) is 9.55 Å². The maximum atomic E-state index is 6.22. The largest absolute Gasteiger partial charge is 0.449 e. The number of hydrogen-bond donors (Lipinski definition) is 0. The van der Waals surface area contributed by atoms with E-state index in [0.717, 1.165) is 11.0 Å². The standard InChI is InChI=1S/C19H21BN3O/c1-12-9-16(22(4)10-13(12)2)20-18-17(14(3)11-23(20)5)15-7-6-8-21-19(15)24-18/h6-11H,1-5H3/q+1. The third-order valence-corrected chi connectivity index (χ3v) is 5.00. The minimum atomic E-state index is 0.0437. The van der Waals surface area contributed by atoms with E-state index in [2.05, 4.69) is 73.8 Å². The average molecular weight is 318 g/mol. The Bertz CT molecular complexity index is 990. The number of rotatable bonds is 1. The van der Waals surface area contributed by atoms with Crippen LogP contribution in [0, 0.1) is 13.8 Å². The van der Waals surface area contributed by atoms with E-state index in [1.54, 1.807) is 6.20 Å². The molecule has 0 bridgehead atoms. The minimum Gasteiger partial charge on any atom is -0.449 e. The maximum absolute atomic E-state index is 6.22. The molecule has 120 valence electrons. The summed E-state index contributed by atoms with van der Waals surface area (Å²) in [6.07, 6.45) is 6.17. The lowest BCUT2D eigenvalue weighted by Crippen LogP contribution is -2.65. The number of allylic oxidation sites excluding steroid dienone is 1. The Morgan fingerprint density at radius 2 is 2.00 bits per heavy atom. The highest BCUT2D eigenvalue weighted by Gasteiger charge is 2.41. The van der Waals surface area contributed by atoms with Crippen LogP contribution in [0.3, 0.4) is 0 Å². The third-order valence-electron chi connectivity index (χ3n) is 5.00. The lowest BCUT2D eigenvalue weighted by atomic mass is 9.51. The molecule has 0 saturated carbocycles. The summed E-state index contributed by atoms with van der Waals surface area (Å²) in [6, 6.07) is 6.31. The topological polar surface area (TPSA) is 33.2 Å². The molecule has 0 N–H and O–H groups in total. The van der Waals surface area contributed by atoms with E-state index < -0.39 is 0 Å². The molecule has 24 heavy (non-hydrogen) atoms. The summed E-state index contributed by atoms with van der Waals surface area (Å²) >= 11 is 0. The van der Waals surface area contributed by atoms with Gasteiger partial charge in [-0.15, -0.1) is 0 Å². The molecule has 0 saturated heterocycles. The number of hydrogen-bond acceptors (Lipinski definition) is 3. The van der Waals surface area contributed by atoms with E-state index in [4.69, 9.17) is 4.42 Å². The summed E-state index contributed by atoms with van der Waals surface area (Å²) in [5, 5.41) is 1.09. The number of aromatic nitrogens is 2. The Kier molecular flexibility index (Phi) is 3.27. The highest BCUT2D eigenvalue weighted by atomic mass is 16.3. The van der Waals surface area contributed by atoms with Crippen LogP contribution in [0.2, 0.25) is 0 Å². The molecule has 0 aliphatic carbocycles. The first-order valence-corrected chi connectivity index (χ1v) is 8.22. The second-order valence-corrected chi connectivity index (χ2v) is 6.75. The van der Waals surface area contributed by atoms with Crippen LogP contribution in [-0.4, -0.2) is 23.7 Å². The first kappa shape index (κ1) is 15.0. The van der Waals surface area contributed by atoms with E-state index >= 15 is 0 Å². The van der Waals surface area contributed by atoms with Crippen LogP contribution in [0.5, 0.6) is 0 Å². The van der Waals surface area contributed by atoms with Crippen LogP contribution >= 0.6 is 0 Å². The number of fused-ring (bicyclic) bond motifs is 3. The number of nitrogens with zero attached hydrogens (tertiary/aromatic N) is 3. The lowest BCUT2D eigenvalue weighted by molar-refractivity contribution is -0.654. The Labute approximate surface area is 142 Å². The fraction of sp³-hybridized carbons (Fsp3) is 0.263. The van der Waals surface area contributed by atoms with Gasteiger partial charge < -0.3 is 9.23 Å². The summed E-state index contributed by atoms with van der Waals surface area (Å²) in [7, 11) is 4.20. The van der Waals surface area contributed by atoms with E-state index in [0.29, 0.717) is 5.71 Å². The molecule has 4 heterocycles. The molecule has 5 heteroatoms. The van der Waals surface area contributed by atoms with Crippen LogP contribution in [0.25, 0.3) is 16.7 Å². The highest BCUT2D eigenvalue weighted by Crippen LogP contribution is 2.28. The molecule has 4 nitrogen and oxygen atoms in total. The third kappa shape index (κ3) is 2.08. The zero-order valence-electron chi connectivity index (χ0n) is 14.8. The minimum absolute atomic E-state index is 0.0437. The summed E-state index contributed by atoms with van der Waals surface area (Å²) in [6.45, 7) is 6.48.